The molecule has 1 aromatic rings. The number of carbonyl (C=O) groups excluding carboxylic acids is 2. The van der Waals surface area contributed by atoms with Gasteiger partial charge in [0, 0.05) is 0 Å². The summed E-state index contributed by atoms with van der Waals surface area (Å²) in [7, 11) is 0. The highest BCUT2D eigenvalue weighted by molar-refractivity contribution is 6.17. The number of benzene rings is 1. The lowest BCUT2D eigenvalue weighted by atomic mass is 10.1. The average Bonchev–Trinajstić information content (AvgIpc) is 2.54. The maximum Gasteiger partial charge on any atom is 0.345 e. The molecule has 0 aliphatic heterocycles. The van der Waals surface area contributed by atoms with Gasteiger partial charge < -0.3 is 9.47 Å². The van der Waals surface area contributed by atoms with Gasteiger partial charge in [0.25, 0.3) is 0 Å². The summed E-state index contributed by atoms with van der Waals surface area (Å²) in [5.74, 6) is -1.25. The summed E-state index contributed by atoms with van der Waals surface area (Å²) in [6, 6.07) is 9.19. The zero-order chi connectivity index (χ0) is 16.2. The lowest BCUT2D eigenvalue weighted by molar-refractivity contribution is -0.147. The van der Waals surface area contributed by atoms with Gasteiger partial charge in [-0.15, -0.1) is 0 Å². The lowest BCUT2D eigenvalue weighted by Crippen LogP contribution is -2.19. The minimum Gasteiger partial charge on any atom is -0.462 e. The first kappa shape index (κ1) is 18.0. The molecule has 0 radical (unpaired) electrons. The highest BCUT2D eigenvalue weighted by atomic mass is 16.6. The monoisotopic (exact) mass is 304 g/mol. The summed E-state index contributed by atoms with van der Waals surface area (Å²) in [5.41, 5.74) is 0.704. The first-order valence-electron chi connectivity index (χ1n) is 7.80. The van der Waals surface area contributed by atoms with E-state index in [-0.39, 0.29) is 5.57 Å². The third-order valence-corrected chi connectivity index (χ3v) is 3.01. The van der Waals surface area contributed by atoms with Crippen LogP contribution >= 0.6 is 0 Å². The molecule has 0 heterocycles. The van der Waals surface area contributed by atoms with Crippen molar-refractivity contribution in [3.8, 4) is 0 Å². The van der Waals surface area contributed by atoms with E-state index in [0.29, 0.717) is 13.2 Å². The molecule has 4 nitrogen and oxygen atoms in total. The molecule has 0 N–H and O–H groups in total. The molecule has 0 fully saturated rings. The second-order valence-electron chi connectivity index (χ2n) is 4.95. The molecular weight excluding hydrogens is 280 g/mol. The minimum atomic E-state index is -0.626. The molecule has 0 saturated heterocycles. The van der Waals surface area contributed by atoms with Gasteiger partial charge in [-0.05, 0) is 24.5 Å². The number of hydrogen-bond acceptors (Lipinski definition) is 4. The summed E-state index contributed by atoms with van der Waals surface area (Å²) in [6.07, 6.45) is 4.91. The molecule has 0 unspecified atom stereocenters. The summed E-state index contributed by atoms with van der Waals surface area (Å²) < 4.78 is 10.3. The topological polar surface area (TPSA) is 52.6 Å². The fraction of sp³-hybridized carbons (Fsp3) is 0.444. The third kappa shape index (κ3) is 6.57. The van der Waals surface area contributed by atoms with Crippen molar-refractivity contribution in [1.29, 1.82) is 0 Å². The van der Waals surface area contributed by atoms with Crippen molar-refractivity contribution in [2.24, 2.45) is 0 Å². The predicted molar refractivity (Wildman–Crippen MR) is 86.2 cm³/mol. The van der Waals surface area contributed by atoms with Crippen LogP contribution in [0.1, 0.15) is 45.1 Å². The van der Waals surface area contributed by atoms with Gasteiger partial charge in [-0.2, -0.15) is 0 Å². The van der Waals surface area contributed by atoms with E-state index >= 15 is 0 Å². The minimum absolute atomic E-state index is 0.0570. The van der Waals surface area contributed by atoms with Crippen molar-refractivity contribution in [3.05, 3.63) is 41.5 Å². The lowest BCUT2D eigenvalue weighted by Gasteiger charge is -2.08. The Bertz CT molecular complexity index is 467. The maximum absolute atomic E-state index is 12.1. The summed E-state index contributed by atoms with van der Waals surface area (Å²) in [6.45, 7) is 4.63. The Morgan fingerprint density at radius 1 is 0.909 bits per heavy atom. The molecule has 0 bridgehead atoms. The highest BCUT2D eigenvalue weighted by Gasteiger charge is 2.21. The quantitative estimate of drug-likeness (QED) is 0.229. The van der Waals surface area contributed by atoms with Crippen molar-refractivity contribution >= 4 is 18.0 Å². The number of hydrogen-bond donors (Lipinski definition) is 0. The van der Waals surface area contributed by atoms with E-state index in [1.165, 1.54) is 6.08 Å². The van der Waals surface area contributed by atoms with E-state index in [0.717, 1.165) is 31.2 Å². The molecule has 0 amide bonds. The Hall–Kier alpha value is -2.10. The molecule has 22 heavy (non-hydrogen) atoms. The van der Waals surface area contributed by atoms with Crippen molar-refractivity contribution in [2.45, 2.75) is 39.5 Å². The summed E-state index contributed by atoms with van der Waals surface area (Å²) >= 11 is 0. The van der Waals surface area contributed by atoms with Gasteiger partial charge in [0.2, 0.25) is 0 Å². The van der Waals surface area contributed by atoms with Crippen LogP contribution in [0, 0.1) is 0 Å². The third-order valence-electron chi connectivity index (χ3n) is 3.01. The van der Waals surface area contributed by atoms with Crippen LogP contribution in [-0.2, 0) is 19.1 Å². The van der Waals surface area contributed by atoms with Crippen LogP contribution in [0.25, 0.3) is 6.08 Å². The Morgan fingerprint density at radius 3 is 1.86 bits per heavy atom. The van der Waals surface area contributed by atoms with Crippen LogP contribution in [0.15, 0.2) is 35.9 Å². The predicted octanol–water partition coefficient (Wildman–Crippen LogP) is 3.76. The van der Waals surface area contributed by atoms with Crippen LogP contribution in [0.2, 0.25) is 0 Å². The molecule has 0 spiro atoms. The highest BCUT2D eigenvalue weighted by Crippen LogP contribution is 2.11. The van der Waals surface area contributed by atoms with Gasteiger partial charge in [-0.3, -0.25) is 0 Å². The number of rotatable bonds is 9. The van der Waals surface area contributed by atoms with Gasteiger partial charge in [0.05, 0.1) is 13.2 Å². The molecule has 4 heteroatoms. The Kier molecular flexibility index (Phi) is 8.65. The average molecular weight is 304 g/mol. The first-order valence-corrected chi connectivity index (χ1v) is 7.80. The van der Waals surface area contributed by atoms with Crippen molar-refractivity contribution in [3.63, 3.8) is 0 Å². The zero-order valence-corrected chi connectivity index (χ0v) is 13.3. The fourth-order valence-corrected chi connectivity index (χ4v) is 1.69. The zero-order valence-electron chi connectivity index (χ0n) is 13.3. The Balaban J connectivity index is 2.82. The van der Waals surface area contributed by atoms with Gasteiger partial charge in [0.15, 0.2) is 0 Å². The summed E-state index contributed by atoms with van der Waals surface area (Å²) in [4.78, 5) is 24.2. The van der Waals surface area contributed by atoms with Crippen LogP contribution in [0.3, 0.4) is 0 Å². The van der Waals surface area contributed by atoms with Crippen LogP contribution in [0.4, 0.5) is 0 Å². The molecule has 1 aromatic carbocycles. The molecule has 0 aliphatic carbocycles. The number of ether oxygens (including phenoxy) is 2. The van der Waals surface area contributed by atoms with Gasteiger partial charge in [0.1, 0.15) is 5.57 Å². The SMILES string of the molecule is CCCCOC(=O)C(=Cc1ccccc1)C(=O)OCCCC. The molecular formula is C18H24O4. The van der Waals surface area contributed by atoms with E-state index in [1.807, 2.05) is 44.2 Å². The Labute approximate surface area is 132 Å². The van der Waals surface area contributed by atoms with Crippen LogP contribution in [-0.4, -0.2) is 25.2 Å². The van der Waals surface area contributed by atoms with Crippen LogP contribution in [0.5, 0.6) is 0 Å². The van der Waals surface area contributed by atoms with Gasteiger partial charge in [-0.25, -0.2) is 9.59 Å². The molecule has 1 rings (SSSR count). The van der Waals surface area contributed by atoms with E-state index in [1.54, 1.807) is 0 Å². The molecule has 0 atom stereocenters. The van der Waals surface area contributed by atoms with Gasteiger partial charge >= 0.3 is 11.9 Å². The molecule has 120 valence electrons. The number of carbonyl (C=O) groups is 2. The van der Waals surface area contributed by atoms with Crippen LogP contribution < -0.4 is 0 Å². The van der Waals surface area contributed by atoms with Crippen molar-refractivity contribution in [2.75, 3.05) is 13.2 Å². The second kappa shape index (κ2) is 10.6. The smallest absolute Gasteiger partial charge is 0.345 e. The van der Waals surface area contributed by atoms with E-state index in [2.05, 4.69) is 0 Å². The van der Waals surface area contributed by atoms with E-state index < -0.39 is 11.9 Å². The maximum atomic E-state index is 12.1. The molecule has 0 aliphatic rings. The van der Waals surface area contributed by atoms with E-state index in [9.17, 15) is 9.59 Å². The normalized spacial score (nSPS) is 9.91. The first-order chi connectivity index (χ1) is 10.7. The fourth-order valence-electron chi connectivity index (χ4n) is 1.69. The number of esters is 2. The number of unbranched alkanes of at least 4 members (excludes halogenated alkanes) is 2. The van der Waals surface area contributed by atoms with Crippen molar-refractivity contribution < 1.29 is 19.1 Å². The Morgan fingerprint density at radius 2 is 1.41 bits per heavy atom. The molecule has 0 aromatic heterocycles. The van der Waals surface area contributed by atoms with Gasteiger partial charge in [-0.1, -0.05) is 57.0 Å². The molecule has 0 saturated carbocycles. The summed E-state index contributed by atoms with van der Waals surface area (Å²) in [5, 5.41) is 0. The van der Waals surface area contributed by atoms with Crippen molar-refractivity contribution in [1.82, 2.24) is 0 Å². The van der Waals surface area contributed by atoms with E-state index in [4.69, 9.17) is 9.47 Å². The second-order valence-corrected chi connectivity index (χ2v) is 4.95. The largest absolute Gasteiger partial charge is 0.462 e. The standard InChI is InChI=1S/C18H24O4/c1-3-5-12-21-17(19)16(18(20)22-13-6-4-2)14-15-10-8-7-9-11-15/h7-11,14H,3-6,12-13H2,1-2H3.